The van der Waals surface area contributed by atoms with Gasteiger partial charge in [0.1, 0.15) is 0 Å². The van der Waals surface area contributed by atoms with Crippen molar-refractivity contribution < 1.29 is 0 Å². The number of likely N-dealkylation sites (tertiary alicyclic amines) is 1. The molecular weight excluding hydrogens is 244 g/mol. The van der Waals surface area contributed by atoms with Crippen LogP contribution >= 0.6 is 12.4 Å². The SMILES string of the molecule is Cc1cc(C)cc(CN2CCC(CN)CC2)c1.Cl. The Hall–Kier alpha value is -0.570. The Kier molecular flexibility index (Phi) is 6.13. The number of nitrogens with zero attached hydrogens (tertiary/aromatic N) is 1. The van der Waals surface area contributed by atoms with E-state index in [0.29, 0.717) is 0 Å². The summed E-state index contributed by atoms with van der Waals surface area (Å²) < 4.78 is 0. The molecule has 102 valence electrons. The first-order valence-corrected chi connectivity index (χ1v) is 6.67. The molecule has 1 aromatic rings. The van der Waals surface area contributed by atoms with Gasteiger partial charge < -0.3 is 5.73 Å². The van der Waals surface area contributed by atoms with E-state index in [-0.39, 0.29) is 12.4 Å². The van der Waals surface area contributed by atoms with Crippen molar-refractivity contribution in [3.05, 3.63) is 34.9 Å². The lowest BCUT2D eigenvalue weighted by atomic mass is 9.96. The molecule has 1 aliphatic rings. The van der Waals surface area contributed by atoms with Crippen LogP contribution in [-0.4, -0.2) is 24.5 Å². The molecule has 1 aromatic carbocycles. The van der Waals surface area contributed by atoms with Crippen LogP contribution in [-0.2, 0) is 6.54 Å². The smallest absolute Gasteiger partial charge is 0.0233 e. The Morgan fingerprint density at radius 3 is 2.17 bits per heavy atom. The summed E-state index contributed by atoms with van der Waals surface area (Å²) in [6, 6.07) is 6.86. The van der Waals surface area contributed by atoms with Gasteiger partial charge in [-0.1, -0.05) is 29.3 Å². The third-order valence-corrected chi connectivity index (χ3v) is 3.73. The Morgan fingerprint density at radius 2 is 1.67 bits per heavy atom. The Balaban J connectivity index is 0.00000162. The van der Waals surface area contributed by atoms with Crippen molar-refractivity contribution in [3.8, 4) is 0 Å². The van der Waals surface area contributed by atoms with Gasteiger partial charge in [-0.3, -0.25) is 4.90 Å². The van der Waals surface area contributed by atoms with Crippen molar-refractivity contribution in [1.29, 1.82) is 0 Å². The van der Waals surface area contributed by atoms with E-state index in [4.69, 9.17) is 5.73 Å². The number of hydrogen-bond donors (Lipinski definition) is 1. The standard InChI is InChI=1S/C15H24N2.ClH/c1-12-7-13(2)9-15(8-12)11-17-5-3-14(10-16)4-6-17;/h7-9,14H,3-6,10-11,16H2,1-2H3;1H. The Bertz CT molecular complexity index is 351. The second-order valence-electron chi connectivity index (χ2n) is 5.45. The van der Waals surface area contributed by atoms with Gasteiger partial charge in [-0.2, -0.15) is 0 Å². The van der Waals surface area contributed by atoms with Crippen LogP contribution in [0, 0.1) is 19.8 Å². The predicted molar refractivity (Wildman–Crippen MR) is 80.2 cm³/mol. The molecule has 3 heteroatoms. The third kappa shape index (κ3) is 4.27. The van der Waals surface area contributed by atoms with Crippen molar-refractivity contribution in [2.75, 3.05) is 19.6 Å². The van der Waals surface area contributed by atoms with Gasteiger partial charge in [0, 0.05) is 6.54 Å². The van der Waals surface area contributed by atoms with Crippen LogP contribution in [0.1, 0.15) is 29.5 Å². The highest BCUT2D eigenvalue weighted by atomic mass is 35.5. The van der Waals surface area contributed by atoms with Crippen LogP contribution in [0.2, 0.25) is 0 Å². The first-order chi connectivity index (χ1) is 8.17. The van der Waals surface area contributed by atoms with Gasteiger partial charge in [0.15, 0.2) is 0 Å². The zero-order chi connectivity index (χ0) is 12.3. The van der Waals surface area contributed by atoms with Gasteiger partial charge in [-0.05, 0) is 57.8 Å². The van der Waals surface area contributed by atoms with Crippen molar-refractivity contribution in [3.63, 3.8) is 0 Å². The van der Waals surface area contributed by atoms with E-state index < -0.39 is 0 Å². The highest BCUT2D eigenvalue weighted by Crippen LogP contribution is 2.19. The summed E-state index contributed by atoms with van der Waals surface area (Å²) in [7, 11) is 0. The van der Waals surface area contributed by atoms with Crippen molar-refractivity contribution in [2.24, 2.45) is 11.7 Å². The topological polar surface area (TPSA) is 29.3 Å². The fourth-order valence-corrected chi connectivity index (χ4v) is 2.80. The molecule has 1 aliphatic heterocycles. The third-order valence-electron chi connectivity index (χ3n) is 3.73. The molecule has 0 spiro atoms. The molecule has 0 aliphatic carbocycles. The van der Waals surface area contributed by atoms with E-state index in [1.165, 1.54) is 42.6 Å². The summed E-state index contributed by atoms with van der Waals surface area (Å²) in [4.78, 5) is 2.56. The normalized spacial score (nSPS) is 17.5. The zero-order valence-electron chi connectivity index (χ0n) is 11.5. The highest BCUT2D eigenvalue weighted by molar-refractivity contribution is 5.85. The summed E-state index contributed by atoms with van der Waals surface area (Å²) in [5.74, 6) is 0.755. The second-order valence-corrected chi connectivity index (χ2v) is 5.45. The molecule has 0 amide bonds. The van der Waals surface area contributed by atoms with Crippen molar-refractivity contribution in [1.82, 2.24) is 4.90 Å². The van der Waals surface area contributed by atoms with Crippen molar-refractivity contribution in [2.45, 2.75) is 33.2 Å². The molecule has 1 heterocycles. The molecule has 0 atom stereocenters. The summed E-state index contributed by atoms with van der Waals surface area (Å²) in [6.07, 6.45) is 2.53. The summed E-state index contributed by atoms with van der Waals surface area (Å²) in [5, 5.41) is 0. The number of halogens is 1. The lowest BCUT2D eigenvalue weighted by Crippen LogP contribution is -2.35. The number of piperidine rings is 1. The lowest BCUT2D eigenvalue weighted by Gasteiger charge is -2.31. The highest BCUT2D eigenvalue weighted by Gasteiger charge is 2.17. The number of hydrogen-bond acceptors (Lipinski definition) is 2. The summed E-state index contributed by atoms with van der Waals surface area (Å²) >= 11 is 0. The second kappa shape index (κ2) is 7.13. The van der Waals surface area contributed by atoms with Crippen LogP contribution in [0.5, 0.6) is 0 Å². The average molecular weight is 269 g/mol. The number of benzene rings is 1. The van der Waals surface area contributed by atoms with Gasteiger partial charge in [0.25, 0.3) is 0 Å². The largest absolute Gasteiger partial charge is 0.330 e. The summed E-state index contributed by atoms with van der Waals surface area (Å²) in [6.45, 7) is 8.72. The molecular formula is C15H25ClN2. The Morgan fingerprint density at radius 1 is 1.11 bits per heavy atom. The molecule has 2 N–H and O–H groups in total. The molecule has 0 unspecified atom stereocenters. The van der Waals surface area contributed by atoms with Crippen LogP contribution in [0.3, 0.4) is 0 Å². The predicted octanol–water partition coefficient (Wildman–Crippen LogP) is 2.90. The molecule has 1 fully saturated rings. The molecule has 0 saturated carbocycles. The van der Waals surface area contributed by atoms with Crippen LogP contribution in [0.4, 0.5) is 0 Å². The van der Waals surface area contributed by atoms with Gasteiger partial charge in [0.2, 0.25) is 0 Å². The van der Waals surface area contributed by atoms with Gasteiger partial charge in [0.05, 0.1) is 0 Å². The first kappa shape index (κ1) is 15.5. The number of rotatable bonds is 3. The minimum absolute atomic E-state index is 0. The zero-order valence-corrected chi connectivity index (χ0v) is 12.3. The van der Waals surface area contributed by atoms with Crippen LogP contribution in [0.15, 0.2) is 18.2 Å². The van der Waals surface area contributed by atoms with E-state index in [1.54, 1.807) is 0 Å². The molecule has 0 bridgehead atoms. The van der Waals surface area contributed by atoms with E-state index in [0.717, 1.165) is 19.0 Å². The van der Waals surface area contributed by atoms with E-state index in [9.17, 15) is 0 Å². The first-order valence-electron chi connectivity index (χ1n) is 6.67. The molecule has 0 aromatic heterocycles. The quantitative estimate of drug-likeness (QED) is 0.913. The van der Waals surface area contributed by atoms with E-state index in [1.807, 2.05) is 0 Å². The summed E-state index contributed by atoms with van der Waals surface area (Å²) in [5.41, 5.74) is 9.92. The van der Waals surface area contributed by atoms with Crippen LogP contribution < -0.4 is 5.73 Å². The molecule has 0 radical (unpaired) electrons. The monoisotopic (exact) mass is 268 g/mol. The van der Waals surface area contributed by atoms with Gasteiger partial charge in [-0.25, -0.2) is 0 Å². The van der Waals surface area contributed by atoms with Gasteiger partial charge in [-0.15, -0.1) is 12.4 Å². The lowest BCUT2D eigenvalue weighted by molar-refractivity contribution is 0.180. The molecule has 18 heavy (non-hydrogen) atoms. The van der Waals surface area contributed by atoms with Crippen LogP contribution in [0.25, 0.3) is 0 Å². The number of aryl methyl sites for hydroxylation is 2. The minimum Gasteiger partial charge on any atom is -0.330 e. The molecule has 1 saturated heterocycles. The maximum atomic E-state index is 5.72. The maximum absolute atomic E-state index is 5.72. The fourth-order valence-electron chi connectivity index (χ4n) is 2.80. The van der Waals surface area contributed by atoms with Gasteiger partial charge >= 0.3 is 0 Å². The van der Waals surface area contributed by atoms with Crippen molar-refractivity contribution >= 4 is 12.4 Å². The minimum atomic E-state index is 0. The molecule has 2 nitrogen and oxygen atoms in total. The Labute approximate surface area is 117 Å². The van der Waals surface area contributed by atoms with E-state index in [2.05, 4.69) is 36.9 Å². The maximum Gasteiger partial charge on any atom is 0.0233 e. The fraction of sp³-hybridized carbons (Fsp3) is 0.600. The average Bonchev–Trinajstić information content (AvgIpc) is 2.28. The number of nitrogens with two attached hydrogens (primary N) is 1. The van der Waals surface area contributed by atoms with E-state index >= 15 is 0 Å². The molecule has 2 rings (SSSR count).